The van der Waals surface area contributed by atoms with E-state index in [1.54, 1.807) is 25.1 Å². The number of para-hydroxylation sites is 2. The van der Waals surface area contributed by atoms with Crippen LogP contribution in [0.25, 0.3) is 0 Å². The lowest BCUT2D eigenvalue weighted by Crippen LogP contribution is -2.36. The lowest BCUT2D eigenvalue weighted by molar-refractivity contribution is 0.0822. The molecule has 2 amide bonds. The van der Waals surface area contributed by atoms with Crippen LogP contribution in [0, 0.1) is 0 Å². The van der Waals surface area contributed by atoms with E-state index in [-0.39, 0.29) is 18.9 Å². The molecule has 0 atom stereocenters. The average Bonchev–Trinajstić information content (AvgIpc) is 2.43. The van der Waals surface area contributed by atoms with Crippen molar-refractivity contribution >= 4 is 11.7 Å². The van der Waals surface area contributed by atoms with Crippen molar-refractivity contribution in [1.29, 1.82) is 0 Å². The molecule has 0 aliphatic rings. The fourth-order valence-corrected chi connectivity index (χ4v) is 1.57. The standard InChI is InChI=1S/C13H18F2N2O3/c1-2-17(7-8-18)13(19)16-10-5-3-4-6-11(10)20-9-12(14)15/h3-6,12,18H,2,7-9H2,1H3,(H,16,19). The summed E-state index contributed by atoms with van der Waals surface area (Å²) in [6.45, 7) is 1.51. The number of alkyl halides is 2. The third kappa shape index (κ3) is 5.00. The number of halogens is 2. The first kappa shape index (κ1) is 16.2. The van der Waals surface area contributed by atoms with E-state index in [0.717, 1.165) is 0 Å². The molecular weight excluding hydrogens is 270 g/mol. The number of anilines is 1. The summed E-state index contributed by atoms with van der Waals surface area (Å²) in [5, 5.41) is 11.4. The van der Waals surface area contributed by atoms with Crippen LogP contribution in [-0.2, 0) is 0 Å². The molecule has 0 aliphatic heterocycles. The van der Waals surface area contributed by atoms with E-state index in [1.165, 1.54) is 11.0 Å². The lowest BCUT2D eigenvalue weighted by atomic mass is 10.3. The molecule has 112 valence electrons. The normalized spacial score (nSPS) is 10.4. The van der Waals surface area contributed by atoms with Crippen molar-refractivity contribution in [3.8, 4) is 5.75 Å². The van der Waals surface area contributed by atoms with E-state index in [4.69, 9.17) is 9.84 Å². The Kier molecular flexibility index (Phi) is 6.72. The Morgan fingerprint density at radius 3 is 2.75 bits per heavy atom. The second kappa shape index (κ2) is 8.31. The van der Waals surface area contributed by atoms with Crippen LogP contribution in [0.2, 0.25) is 0 Å². The zero-order chi connectivity index (χ0) is 15.0. The van der Waals surface area contributed by atoms with Gasteiger partial charge in [0.25, 0.3) is 6.43 Å². The number of aliphatic hydroxyl groups excluding tert-OH is 1. The maximum atomic E-state index is 12.1. The lowest BCUT2D eigenvalue weighted by Gasteiger charge is -2.21. The number of aliphatic hydroxyl groups is 1. The van der Waals surface area contributed by atoms with Crippen molar-refractivity contribution in [3.05, 3.63) is 24.3 Å². The number of amides is 2. The summed E-state index contributed by atoms with van der Waals surface area (Å²) in [6, 6.07) is 5.93. The van der Waals surface area contributed by atoms with Crippen LogP contribution in [0.5, 0.6) is 5.75 Å². The summed E-state index contributed by atoms with van der Waals surface area (Å²) < 4.78 is 29.2. The number of nitrogens with one attached hydrogen (secondary N) is 1. The highest BCUT2D eigenvalue weighted by Crippen LogP contribution is 2.24. The number of carbonyl (C=O) groups is 1. The van der Waals surface area contributed by atoms with Gasteiger partial charge >= 0.3 is 6.03 Å². The first-order valence-electron chi connectivity index (χ1n) is 6.25. The van der Waals surface area contributed by atoms with E-state index in [1.807, 2.05) is 0 Å². The third-order valence-corrected chi connectivity index (χ3v) is 2.53. The van der Waals surface area contributed by atoms with E-state index in [9.17, 15) is 13.6 Å². The molecule has 7 heteroatoms. The summed E-state index contributed by atoms with van der Waals surface area (Å²) in [7, 11) is 0. The second-order valence-electron chi connectivity index (χ2n) is 3.93. The minimum absolute atomic E-state index is 0.148. The Balaban J connectivity index is 2.73. The largest absolute Gasteiger partial charge is 0.485 e. The molecule has 5 nitrogen and oxygen atoms in total. The minimum atomic E-state index is -2.58. The highest BCUT2D eigenvalue weighted by atomic mass is 19.3. The smallest absolute Gasteiger partial charge is 0.322 e. The molecule has 0 aliphatic carbocycles. The van der Waals surface area contributed by atoms with E-state index in [0.29, 0.717) is 12.2 Å². The zero-order valence-corrected chi connectivity index (χ0v) is 11.2. The van der Waals surface area contributed by atoms with Gasteiger partial charge in [0.05, 0.1) is 12.3 Å². The highest BCUT2D eigenvalue weighted by molar-refractivity contribution is 5.90. The van der Waals surface area contributed by atoms with Crippen molar-refractivity contribution in [1.82, 2.24) is 4.90 Å². The second-order valence-corrected chi connectivity index (χ2v) is 3.93. The van der Waals surface area contributed by atoms with Crippen molar-refractivity contribution in [2.24, 2.45) is 0 Å². The van der Waals surface area contributed by atoms with E-state index >= 15 is 0 Å². The Labute approximate surface area is 116 Å². The van der Waals surface area contributed by atoms with Crippen molar-refractivity contribution in [2.45, 2.75) is 13.3 Å². The highest BCUT2D eigenvalue weighted by Gasteiger charge is 2.14. The molecule has 1 aromatic rings. The fourth-order valence-electron chi connectivity index (χ4n) is 1.57. The Hall–Kier alpha value is -1.89. The van der Waals surface area contributed by atoms with E-state index in [2.05, 4.69) is 5.32 Å². The molecule has 0 saturated carbocycles. The van der Waals surface area contributed by atoms with Crippen molar-refractivity contribution in [2.75, 3.05) is 31.6 Å². The number of hydrogen-bond donors (Lipinski definition) is 2. The fraction of sp³-hybridized carbons (Fsp3) is 0.462. The maximum absolute atomic E-state index is 12.1. The first-order valence-corrected chi connectivity index (χ1v) is 6.25. The Morgan fingerprint density at radius 1 is 1.45 bits per heavy atom. The SMILES string of the molecule is CCN(CCO)C(=O)Nc1ccccc1OCC(F)F. The number of benzene rings is 1. The summed E-state index contributed by atoms with van der Waals surface area (Å²) >= 11 is 0. The molecule has 2 N–H and O–H groups in total. The van der Waals surface area contributed by atoms with Gasteiger partial charge < -0.3 is 20.1 Å². The van der Waals surface area contributed by atoms with Gasteiger partial charge in [-0.15, -0.1) is 0 Å². The third-order valence-electron chi connectivity index (χ3n) is 2.53. The number of nitrogens with zero attached hydrogens (tertiary/aromatic N) is 1. The summed E-state index contributed by atoms with van der Waals surface area (Å²) in [6.07, 6.45) is -2.58. The first-order chi connectivity index (χ1) is 9.58. The van der Waals surface area contributed by atoms with Gasteiger partial charge in [-0.05, 0) is 19.1 Å². The van der Waals surface area contributed by atoms with Crippen LogP contribution in [0.3, 0.4) is 0 Å². The molecule has 0 fully saturated rings. The summed E-state index contributed by atoms with van der Waals surface area (Å²) in [5.74, 6) is 0.182. The molecule has 1 rings (SSSR count). The predicted octanol–water partition coefficient (Wildman–Crippen LogP) is 2.18. The quantitative estimate of drug-likeness (QED) is 0.808. The number of rotatable bonds is 7. The summed E-state index contributed by atoms with van der Waals surface area (Å²) in [5.41, 5.74) is 0.314. The Bertz CT molecular complexity index is 430. The minimum Gasteiger partial charge on any atom is -0.485 e. The molecule has 0 heterocycles. The molecule has 0 unspecified atom stereocenters. The van der Waals surface area contributed by atoms with Crippen LogP contribution < -0.4 is 10.1 Å². The van der Waals surface area contributed by atoms with Gasteiger partial charge in [0.15, 0.2) is 0 Å². The van der Waals surface area contributed by atoms with Gasteiger partial charge in [-0.2, -0.15) is 0 Å². The van der Waals surface area contributed by atoms with Crippen molar-refractivity contribution < 1.29 is 23.4 Å². The van der Waals surface area contributed by atoms with Gasteiger partial charge in [-0.25, -0.2) is 13.6 Å². The van der Waals surface area contributed by atoms with Gasteiger partial charge in [-0.3, -0.25) is 0 Å². The van der Waals surface area contributed by atoms with Gasteiger partial charge in [0.2, 0.25) is 0 Å². The molecule has 0 spiro atoms. The van der Waals surface area contributed by atoms with Crippen LogP contribution in [0.4, 0.5) is 19.3 Å². The van der Waals surface area contributed by atoms with Crippen LogP contribution in [0.1, 0.15) is 6.92 Å². The number of carbonyl (C=O) groups excluding carboxylic acids is 1. The molecule has 0 aromatic heterocycles. The molecule has 1 aromatic carbocycles. The zero-order valence-electron chi connectivity index (χ0n) is 11.2. The van der Waals surface area contributed by atoms with Crippen molar-refractivity contribution in [3.63, 3.8) is 0 Å². The summed E-state index contributed by atoms with van der Waals surface area (Å²) in [4.78, 5) is 13.3. The monoisotopic (exact) mass is 288 g/mol. The van der Waals surface area contributed by atoms with Crippen LogP contribution in [0.15, 0.2) is 24.3 Å². The average molecular weight is 288 g/mol. The van der Waals surface area contributed by atoms with Gasteiger partial charge in [0, 0.05) is 13.1 Å². The van der Waals surface area contributed by atoms with Gasteiger partial charge in [0.1, 0.15) is 12.4 Å². The predicted molar refractivity (Wildman–Crippen MR) is 71.3 cm³/mol. The van der Waals surface area contributed by atoms with Gasteiger partial charge in [-0.1, -0.05) is 12.1 Å². The number of hydrogen-bond acceptors (Lipinski definition) is 3. The number of urea groups is 1. The molecule has 20 heavy (non-hydrogen) atoms. The van der Waals surface area contributed by atoms with Crippen LogP contribution in [-0.4, -0.2) is 48.8 Å². The topological polar surface area (TPSA) is 61.8 Å². The molecule has 0 bridgehead atoms. The Morgan fingerprint density at radius 2 is 2.15 bits per heavy atom. The molecular formula is C13H18F2N2O3. The molecule has 0 radical (unpaired) electrons. The maximum Gasteiger partial charge on any atom is 0.322 e. The number of ether oxygens (including phenoxy) is 1. The van der Waals surface area contributed by atoms with Crippen LogP contribution >= 0.6 is 0 Å². The number of likely N-dealkylation sites (N-methyl/N-ethyl adjacent to an activating group) is 1. The molecule has 0 saturated heterocycles. The van der Waals surface area contributed by atoms with E-state index < -0.39 is 19.1 Å².